The lowest BCUT2D eigenvalue weighted by molar-refractivity contribution is 0.102. The van der Waals surface area contributed by atoms with Crippen molar-refractivity contribution in [2.45, 2.75) is 26.7 Å². The standard InChI is InChI=1S/C11H12N2OS2/c1-6(2)10-12-13-11(16-10)9-5-4-8(15-9)7(3)14/h4-6H,1-3H3. The molecule has 2 heterocycles. The van der Waals surface area contributed by atoms with Crippen LogP contribution in [-0.2, 0) is 0 Å². The normalized spacial score (nSPS) is 11.0. The molecule has 2 aromatic rings. The summed E-state index contributed by atoms with van der Waals surface area (Å²) in [6, 6.07) is 3.78. The minimum Gasteiger partial charge on any atom is -0.294 e. The van der Waals surface area contributed by atoms with Crippen molar-refractivity contribution in [2.75, 3.05) is 0 Å². The Morgan fingerprint density at radius 1 is 1.25 bits per heavy atom. The van der Waals surface area contributed by atoms with Crippen LogP contribution >= 0.6 is 22.7 Å². The van der Waals surface area contributed by atoms with Crippen LogP contribution in [0.25, 0.3) is 9.88 Å². The highest BCUT2D eigenvalue weighted by Crippen LogP contribution is 2.32. The van der Waals surface area contributed by atoms with E-state index >= 15 is 0 Å². The van der Waals surface area contributed by atoms with E-state index in [-0.39, 0.29) is 5.78 Å². The molecule has 0 atom stereocenters. The molecule has 0 N–H and O–H groups in total. The fraction of sp³-hybridized carbons (Fsp3) is 0.364. The van der Waals surface area contributed by atoms with Crippen molar-refractivity contribution in [1.29, 1.82) is 0 Å². The summed E-state index contributed by atoms with van der Waals surface area (Å²) in [6.07, 6.45) is 0. The summed E-state index contributed by atoms with van der Waals surface area (Å²) < 4.78 is 0. The van der Waals surface area contributed by atoms with Crippen molar-refractivity contribution in [3.8, 4) is 9.88 Å². The van der Waals surface area contributed by atoms with Gasteiger partial charge in [-0.2, -0.15) is 0 Å². The predicted octanol–water partition coefficient (Wildman–Crippen LogP) is 3.59. The first-order chi connectivity index (χ1) is 7.58. The lowest BCUT2D eigenvalue weighted by Gasteiger charge is -1.93. The van der Waals surface area contributed by atoms with Gasteiger partial charge in [-0.1, -0.05) is 25.2 Å². The molecule has 0 spiro atoms. The molecule has 0 unspecified atom stereocenters. The summed E-state index contributed by atoms with van der Waals surface area (Å²) in [6.45, 7) is 5.77. The molecule has 3 nitrogen and oxygen atoms in total. The third kappa shape index (κ3) is 2.20. The number of ketones is 1. The SMILES string of the molecule is CC(=O)c1ccc(-c2nnc(C(C)C)s2)s1. The molecule has 0 fully saturated rings. The van der Waals surface area contributed by atoms with Crippen LogP contribution in [-0.4, -0.2) is 16.0 Å². The molecule has 0 aliphatic rings. The van der Waals surface area contributed by atoms with Crippen LogP contribution in [0, 0.1) is 0 Å². The number of nitrogens with zero attached hydrogens (tertiary/aromatic N) is 2. The van der Waals surface area contributed by atoms with Gasteiger partial charge >= 0.3 is 0 Å². The Kier molecular flexibility index (Phi) is 3.16. The number of thiophene rings is 1. The van der Waals surface area contributed by atoms with Crippen molar-refractivity contribution in [1.82, 2.24) is 10.2 Å². The molecular formula is C11H12N2OS2. The van der Waals surface area contributed by atoms with Crippen molar-refractivity contribution < 1.29 is 4.79 Å². The topological polar surface area (TPSA) is 42.9 Å². The highest BCUT2D eigenvalue weighted by atomic mass is 32.1. The molecule has 0 aliphatic heterocycles. The zero-order chi connectivity index (χ0) is 11.7. The first-order valence-electron chi connectivity index (χ1n) is 5.02. The maximum atomic E-state index is 11.2. The first kappa shape index (κ1) is 11.4. The summed E-state index contributed by atoms with van der Waals surface area (Å²) >= 11 is 3.07. The Balaban J connectivity index is 2.31. The molecule has 0 radical (unpaired) electrons. The van der Waals surface area contributed by atoms with E-state index in [9.17, 15) is 4.79 Å². The maximum Gasteiger partial charge on any atom is 0.169 e. The fourth-order valence-corrected chi connectivity index (χ4v) is 3.01. The lowest BCUT2D eigenvalue weighted by Crippen LogP contribution is -1.83. The Hall–Kier alpha value is -1.07. The minimum absolute atomic E-state index is 0.102. The van der Waals surface area contributed by atoms with Gasteiger partial charge in [-0.3, -0.25) is 4.79 Å². The van der Waals surface area contributed by atoms with Crippen molar-refractivity contribution in [2.24, 2.45) is 0 Å². The molecule has 84 valence electrons. The summed E-state index contributed by atoms with van der Waals surface area (Å²) in [4.78, 5) is 13.0. The molecule has 5 heteroatoms. The Morgan fingerprint density at radius 2 is 2.00 bits per heavy atom. The van der Waals surface area contributed by atoms with Gasteiger partial charge in [0.2, 0.25) is 0 Å². The van der Waals surface area contributed by atoms with Gasteiger partial charge in [0.15, 0.2) is 10.8 Å². The molecule has 0 aliphatic carbocycles. The van der Waals surface area contributed by atoms with Crippen LogP contribution in [0.4, 0.5) is 0 Å². The Labute approximate surface area is 102 Å². The molecule has 16 heavy (non-hydrogen) atoms. The Bertz CT molecular complexity index is 514. The van der Waals surface area contributed by atoms with Crippen molar-refractivity contribution >= 4 is 28.5 Å². The highest BCUT2D eigenvalue weighted by Gasteiger charge is 2.12. The second kappa shape index (κ2) is 4.43. The van der Waals surface area contributed by atoms with Crippen LogP contribution < -0.4 is 0 Å². The van der Waals surface area contributed by atoms with Crippen molar-refractivity contribution in [3.05, 3.63) is 22.0 Å². The molecule has 0 saturated heterocycles. The fourth-order valence-electron chi connectivity index (χ4n) is 1.21. The quantitative estimate of drug-likeness (QED) is 0.784. The molecule has 0 bridgehead atoms. The number of carbonyl (C=O) groups is 1. The molecular weight excluding hydrogens is 240 g/mol. The van der Waals surface area contributed by atoms with Gasteiger partial charge in [0.1, 0.15) is 5.01 Å². The average molecular weight is 252 g/mol. The van der Waals surface area contributed by atoms with Gasteiger partial charge in [0.05, 0.1) is 9.75 Å². The number of Topliss-reactive ketones (excluding diaryl/α,β-unsaturated/α-hetero) is 1. The number of aromatic nitrogens is 2. The van der Waals surface area contributed by atoms with Gasteiger partial charge in [-0.05, 0) is 19.1 Å². The van der Waals surface area contributed by atoms with E-state index in [2.05, 4.69) is 24.0 Å². The van der Waals surface area contributed by atoms with E-state index in [0.717, 1.165) is 19.8 Å². The van der Waals surface area contributed by atoms with E-state index in [1.165, 1.54) is 11.3 Å². The number of rotatable bonds is 3. The van der Waals surface area contributed by atoms with Gasteiger partial charge < -0.3 is 0 Å². The number of carbonyl (C=O) groups excluding carboxylic acids is 1. The molecule has 2 aromatic heterocycles. The predicted molar refractivity (Wildman–Crippen MR) is 67.3 cm³/mol. The van der Waals surface area contributed by atoms with Gasteiger partial charge in [-0.25, -0.2) is 0 Å². The van der Waals surface area contributed by atoms with Gasteiger partial charge in [-0.15, -0.1) is 21.5 Å². The Morgan fingerprint density at radius 3 is 2.50 bits per heavy atom. The van der Waals surface area contributed by atoms with Crippen LogP contribution in [0.3, 0.4) is 0 Å². The minimum atomic E-state index is 0.102. The molecule has 0 amide bonds. The van der Waals surface area contributed by atoms with Crippen LogP contribution in [0.15, 0.2) is 12.1 Å². The van der Waals surface area contributed by atoms with E-state index in [1.54, 1.807) is 18.3 Å². The van der Waals surface area contributed by atoms with Crippen LogP contribution in [0.2, 0.25) is 0 Å². The summed E-state index contributed by atoms with van der Waals surface area (Å²) in [5, 5.41) is 10.2. The van der Waals surface area contributed by atoms with Crippen molar-refractivity contribution in [3.63, 3.8) is 0 Å². The molecule has 0 saturated carbocycles. The lowest BCUT2D eigenvalue weighted by atomic mass is 10.2. The molecule has 2 rings (SSSR count). The third-order valence-electron chi connectivity index (χ3n) is 2.10. The van der Waals surface area contributed by atoms with E-state index < -0.39 is 0 Å². The summed E-state index contributed by atoms with van der Waals surface area (Å²) in [7, 11) is 0. The first-order valence-corrected chi connectivity index (χ1v) is 6.65. The third-order valence-corrected chi connectivity index (χ3v) is 4.68. The summed E-state index contributed by atoms with van der Waals surface area (Å²) in [5.74, 6) is 0.503. The largest absolute Gasteiger partial charge is 0.294 e. The number of hydrogen-bond acceptors (Lipinski definition) is 5. The zero-order valence-electron chi connectivity index (χ0n) is 9.35. The number of hydrogen-bond donors (Lipinski definition) is 0. The molecule has 0 aromatic carbocycles. The van der Waals surface area contributed by atoms with E-state index in [1.807, 2.05) is 12.1 Å². The monoisotopic (exact) mass is 252 g/mol. The van der Waals surface area contributed by atoms with E-state index in [4.69, 9.17) is 0 Å². The second-order valence-electron chi connectivity index (χ2n) is 3.82. The maximum absolute atomic E-state index is 11.2. The smallest absolute Gasteiger partial charge is 0.169 e. The van der Waals surface area contributed by atoms with Crippen LogP contribution in [0.1, 0.15) is 41.4 Å². The average Bonchev–Trinajstić information content (AvgIpc) is 2.86. The van der Waals surface area contributed by atoms with E-state index in [0.29, 0.717) is 5.92 Å². The second-order valence-corrected chi connectivity index (χ2v) is 5.91. The highest BCUT2D eigenvalue weighted by molar-refractivity contribution is 7.22. The van der Waals surface area contributed by atoms with Crippen LogP contribution in [0.5, 0.6) is 0 Å². The zero-order valence-corrected chi connectivity index (χ0v) is 11.0. The van der Waals surface area contributed by atoms with Gasteiger partial charge in [0.25, 0.3) is 0 Å². The van der Waals surface area contributed by atoms with Gasteiger partial charge in [0, 0.05) is 5.92 Å². The summed E-state index contributed by atoms with van der Waals surface area (Å²) in [5.41, 5.74) is 0.